The Morgan fingerprint density at radius 3 is 1.50 bits per heavy atom. The van der Waals surface area contributed by atoms with Crippen LogP contribution in [-0.4, -0.2) is 11.1 Å². The monoisotopic (exact) mass is 252 g/mol. The fourth-order valence-corrected chi connectivity index (χ4v) is 5.03. The van der Waals surface area contributed by atoms with Gasteiger partial charge in [-0.15, -0.1) is 0 Å². The second-order valence-electron chi connectivity index (χ2n) is 7.97. The Balaban J connectivity index is 0.000000267. The van der Waals surface area contributed by atoms with Gasteiger partial charge >= 0.3 is 0 Å². The number of rotatable bonds is 0. The molecule has 4 rings (SSSR count). The van der Waals surface area contributed by atoms with Crippen LogP contribution in [0.1, 0.15) is 66.2 Å². The molecular weight excluding hydrogens is 224 g/mol. The molecule has 0 atom stereocenters. The predicted molar refractivity (Wildman–Crippen MR) is 73.4 cm³/mol. The van der Waals surface area contributed by atoms with Gasteiger partial charge in [0.2, 0.25) is 0 Å². The zero-order valence-electron chi connectivity index (χ0n) is 12.3. The minimum Gasteiger partial charge on any atom is -0.481 e. The minimum atomic E-state index is -0.833. The molecule has 0 spiro atoms. The standard InChI is InChI=1S/C14H24.C2H4O2/c1-13(2,3)14-7-10-4-11(8-14)6-12(5-10)9-14;1-2(3)4/h10-12H,4-9H2,1-3H3;1H3,(H,3,4). The number of carboxylic acid groups (broad SMARTS) is 1. The first-order valence-electron chi connectivity index (χ1n) is 7.41. The van der Waals surface area contributed by atoms with Crippen molar-refractivity contribution in [3.63, 3.8) is 0 Å². The van der Waals surface area contributed by atoms with Crippen LogP contribution in [0, 0.1) is 28.6 Å². The number of carboxylic acids is 1. The first-order valence-corrected chi connectivity index (χ1v) is 7.41. The number of hydrogen-bond acceptors (Lipinski definition) is 1. The highest BCUT2D eigenvalue weighted by Crippen LogP contribution is 2.65. The van der Waals surface area contributed by atoms with Gasteiger partial charge in [-0.05, 0) is 67.1 Å². The van der Waals surface area contributed by atoms with Gasteiger partial charge in [0.15, 0.2) is 0 Å². The lowest BCUT2D eigenvalue weighted by Gasteiger charge is -2.62. The summed E-state index contributed by atoms with van der Waals surface area (Å²) < 4.78 is 0. The van der Waals surface area contributed by atoms with Crippen LogP contribution in [0.4, 0.5) is 0 Å². The smallest absolute Gasteiger partial charge is 0.300 e. The van der Waals surface area contributed by atoms with Crippen LogP contribution in [-0.2, 0) is 4.79 Å². The van der Waals surface area contributed by atoms with Crippen LogP contribution < -0.4 is 0 Å². The molecule has 4 fully saturated rings. The van der Waals surface area contributed by atoms with Crippen molar-refractivity contribution in [3.8, 4) is 0 Å². The summed E-state index contributed by atoms with van der Waals surface area (Å²) in [6, 6.07) is 0. The van der Waals surface area contributed by atoms with Gasteiger partial charge < -0.3 is 5.11 Å². The molecule has 0 aromatic rings. The largest absolute Gasteiger partial charge is 0.481 e. The summed E-state index contributed by atoms with van der Waals surface area (Å²) in [4.78, 5) is 9.00. The molecule has 0 radical (unpaired) electrons. The van der Waals surface area contributed by atoms with E-state index in [9.17, 15) is 0 Å². The van der Waals surface area contributed by atoms with Crippen LogP contribution in [0.15, 0.2) is 0 Å². The summed E-state index contributed by atoms with van der Waals surface area (Å²) in [6.45, 7) is 8.54. The number of aliphatic carboxylic acids is 1. The van der Waals surface area contributed by atoms with Crippen molar-refractivity contribution in [1.82, 2.24) is 0 Å². The molecule has 104 valence electrons. The van der Waals surface area contributed by atoms with E-state index in [4.69, 9.17) is 9.90 Å². The molecule has 0 aromatic carbocycles. The Kier molecular flexibility index (Phi) is 3.50. The summed E-state index contributed by atoms with van der Waals surface area (Å²) in [7, 11) is 0. The number of hydrogen-bond donors (Lipinski definition) is 1. The Bertz CT molecular complexity index is 285. The van der Waals surface area contributed by atoms with E-state index in [1.165, 1.54) is 0 Å². The van der Waals surface area contributed by atoms with E-state index in [2.05, 4.69) is 20.8 Å². The summed E-state index contributed by atoms with van der Waals surface area (Å²) >= 11 is 0. The van der Waals surface area contributed by atoms with Crippen molar-refractivity contribution >= 4 is 5.97 Å². The molecule has 0 saturated heterocycles. The third-order valence-electron chi connectivity index (χ3n) is 5.63. The van der Waals surface area contributed by atoms with E-state index in [-0.39, 0.29) is 0 Å². The third kappa shape index (κ3) is 2.57. The maximum atomic E-state index is 9.00. The van der Waals surface area contributed by atoms with E-state index in [1.807, 2.05) is 0 Å². The van der Waals surface area contributed by atoms with Crippen molar-refractivity contribution < 1.29 is 9.90 Å². The summed E-state index contributed by atoms with van der Waals surface area (Å²) in [5.74, 6) is 2.50. The zero-order chi connectivity index (χ0) is 13.6. The Morgan fingerprint density at radius 1 is 1.00 bits per heavy atom. The minimum absolute atomic E-state index is 0.559. The molecule has 0 aliphatic heterocycles. The first-order chi connectivity index (χ1) is 8.22. The molecular formula is C16H28O2. The van der Waals surface area contributed by atoms with Crippen molar-refractivity contribution in [2.75, 3.05) is 0 Å². The van der Waals surface area contributed by atoms with E-state index in [0.29, 0.717) is 5.41 Å². The lowest BCUT2D eigenvalue weighted by atomic mass is 9.43. The highest BCUT2D eigenvalue weighted by molar-refractivity contribution is 5.62. The topological polar surface area (TPSA) is 37.3 Å². The van der Waals surface area contributed by atoms with Crippen molar-refractivity contribution in [2.45, 2.75) is 66.2 Å². The average Bonchev–Trinajstić information content (AvgIpc) is 2.11. The number of carbonyl (C=O) groups is 1. The molecule has 0 heterocycles. The van der Waals surface area contributed by atoms with E-state index >= 15 is 0 Å². The van der Waals surface area contributed by atoms with Gasteiger partial charge in [0.1, 0.15) is 0 Å². The maximum Gasteiger partial charge on any atom is 0.300 e. The normalized spacial score (nSPS) is 41.2. The Hall–Kier alpha value is -0.530. The molecule has 1 N–H and O–H groups in total. The molecule has 4 aliphatic carbocycles. The molecule has 4 bridgehead atoms. The van der Waals surface area contributed by atoms with Gasteiger partial charge in [-0.1, -0.05) is 20.8 Å². The van der Waals surface area contributed by atoms with Gasteiger partial charge in [-0.3, -0.25) is 4.79 Å². The molecule has 2 nitrogen and oxygen atoms in total. The quantitative estimate of drug-likeness (QED) is 0.696. The van der Waals surface area contributed by atoms with Crippen LogP contribution in [0.25, 0.3) is 0 Å². The fourth-order valence-electron chi connectivity index (χ4n) is 5.03. The molecule has 4 aliphatic rings. The van der Waals surface area contributed by atoms with E-state index < -0.39 is 5.97 Å². The van der Waals surface area contributed by atoms with Crippen molar-refractivity contribution in [2.24, 2.45) is 28.6 Å². The second kappa shape index (κ2) is 4.54. The van der Waals surface area contributed by atoms with Gasteiger partial charge in [0, 0.05) is 6.92 Å². The molecule has 2 heteroatoms. The molecule has 4 saturated carbocycles. The fraction of sp³-hybridized carbons (Fsp3) is 0.938. The summed E-state index contributed by atoms with van der Waals surface area (Å²) in [5, 5.41) is 7.42. The van der Waals surface area contributed by atoms with Gasteiger partial charge in [-0.2, -0.15) is 0 Å². The van der Waals surface area contributed by atoms with Gasteiger partial charge in [0.25, 0.3) is 5.97 Å². The molecule has 18 heavy (non-hydrogen) atoms. The first kappa shape index (κ1) is 13.9. The molecule has 0 aromatic heterocycles. The maximum absolute atomic E-state index is 9.00. The highest BCUT2D eigenvalue weighted by Gasteiger charge is 2.55. The lowest BCUT2D eigenvalue weighted by molar-refractivity contribution is -0.134. The Labute approximate surface area is 111 Å². The van der Waals surface area contributed by atoms with Crippen LogP contribution in [0.2, 0.25) is 0 Å². The zero-order valence-corrected chi connectivity index (χ0v) is 12.3. The van der Waals surface area contributed by atoms with Crippen LogP contribution in [0.5, 0.6) is 0 Å². The highest BCUT2D eigenvalue weighted by atomic mass is 16.4. The van der Waals surface area contributed by atoms with Crippen molar-refractivity contribution in [3.05, 3.63) is 0 Å². The summed E-state index contributed by atoms with van der Waals surface area (Å²) in [6.07, 6.45) is 9.41. The third-order valence-corrected chi connectivity index (χ3v) is 5.63. The lowest BCUT2D eigenvalue weighted by Crippen LogP contribution is -2.51. The average molecular weight is 252 g/mol. The second-order valence-corrected chi connectivity index (χ2v) is 7.97. The van der Waals surface area contributed by atoms with Crippen LogP contribution >= 0.6 is 0 Å². The molecule has 0 amide bonds. The molecule has 0 unspecified atom stereocenters. The Morgan fingerprint density at radius 2 is 1.28 bits per heavy atom. The van der Waals surface area contributed by atoms with Gasteiger partial charge in [0.05, 0.1) is 0 Å². The van der Waals surface area contributed by atoms with Crippen molar-refractivity contribution in [1.29, 1.82) is 0 Å². The summed E-state index contributed by atoms with van der Waals surface area (Å²) in [5.41, 5.74) is 1.30. The SMILES string of the molecule is CC(=O)O.CC(C)(C)C12CC3CC(CC(C3)C1)C2. The van der Waals surface area contributed by atoms with E-state index in [1.54, 1.807) is 38.5 Å². The van der Waals surface area contributed by atoms with E-state index in [0.717, 1.165) is 30.1 Å². The van der Waals surface area contributed by atoms with Gasteiger partial charge in [-0.25, -0.2) is 0 Å². The predicted octanol–water partition coefficient (Wildman–Crippen LogP) is 4.34. The van der Waals surface area contributed by atoms with Crippen LogP contribution in [0.3, 0.4) is 0 Å².